The van der Waals surface area contributed by atoms with Crippen LogP contribution in [0.5, 0.6) is 0 Å². The average molecular weight is 314 g/mol. The second-order valence-corrected chi connectivity index (χ2v) is 8.83. The van der Waals surface area contributed by atoms with Crippen LogP contribution in [0.4, 0.5) is 0 Å². The highest BCUT2D eigenvalue weighted by Gasteiger charge is 2.29. The molecule has 0 amide bonds. The van der Waals surface area contributed by atoms with E-state index < -0.39 is 10.2 Å². The molecule has 0 saturated heterocycles. The first-order chi connectivity index (χ1) is 10.6. The Morgan fingerprint density at radius 3 is 2.64 bits per heavy atom. The Morgan fingerprint density at radius 1 is 1.23 bits per heavy atom. The molecule has 2 unspecified atom stereocenters. The second-order valence-electron chi connectivity index (χ2n) is 5.95. The molecule has 3 nitrogen and oxygen atoms in total. The number of aliphatic hydroxyl groups excluding tert-OH is 1. The minimum absolute atomic E-state index is 0.246. The van der Waals surface area contributed by atoms with Gasteiger partial charge in [-0.2, -0.15) is 0 Å². The van der Waals surface area contributed by atoms with Crippen molar-refractivity contribution < 1.29 is 5.11 Å². The molecule has 1 aromatic heterocycles. The van der Waals surface area contributed by atoms with Crippen molar-refractivity contribution in [2.75, 3.05) is 5.75 Å². The van der Waals surface area contributed by atoms with E-state index in [0.29, 0.717) is 0 Å². The van der Waals surface area contributed by atoms with Gasteiger partial charge in [0.15, 0.2) is 0 Å². The molecule has 1 aliphatic heterocycles. The molecule has 2 heterocycles. The number of aromatic nitrogens is 2. The topological polar surface area (TPSA) is 38.0 Å². The van der Waals surface area contributed by atoms with Crippen LogP contribution in [0.25, 0.3) is 5.57 Å². The molecule has 0 bridgehead atoms. The minimum Gasteiger partial charge on any atom is -0.392 e. The van der Waals surface area contributed by atoms with Gasteiger partial charge in [-0.3, -0.25) is 3.97 Å². The Balaban J connectivity index is 1.99. The predicted molar refractivity (Wildman–Crippen MR) is 94.5 cm³/mol. The molecule has 0 aliphatic carbocycles. The van der Waals surface area contributed by atoms with Crippen molar-refractivity contribution in [3.63, 3.8) is 0 Å². The third kappa shape index (κ3) is 2.89. The standard InChI is InChI=1S/C18H22N2OS/c1-15(2)18(21)13-22(20-10-9-19-14-20)11-8-17(12-22)16-6-4-3-5-7-16/h3-12,14-15,18,21H,13H2,1-2H3. The molecule has 22 heavy (non-hydrogen) atoms. The summed E-state index contributed by atoms with van der Waals surface area (Å²) in [5.74, 6) is 0.976. The molecule has 2 atom stereocenters. The highest BCUT2D eigenvalue weighted by Crippen LogP contribution is 2.58. The normalized spacial score (nSPS) is 25.0. The van der Waals surface area contributed by atoms with Crippen molar-refractivity contribution >= 4 is 15.8 Å². The molecule has 0 fully saturated rings. The van der Waals surface area contributed by atoms with Crippen LogP contribution in [0.2, 0.25) is 0 Å². The number of allylic oxidation sites excluding steroid dienone is 2. The molecule has 3 rings (SSSR count). The Hall–Kier alpha value is -1.78. The second kappa shape index (κ2) is 6.15. The van der Waals surface area contributed by atoms with E-state index >= 15 is 0 Å². The van der Waals surface area contributed by atoms with Crippen molar-refractivity contribution in [3.8, 4) is 0 Å². The summed E-state index contributed by atoms with van der Waals surface area (Å²) in [6.07, 6.45) is 7.51. The molecule has 4 heteroatoms. The zero-order valence-corrected chi connectivity index (χ0v) is 13.8. The maximum atomic E-state index is 10.4. The number of benzene rings is 1. The van der Waals surface area contributed by atoms with Gasteiger partial charge in [-0.25, -0.2) is 4.98 Å². The first kappa shape index (κ1) is 15.1. The first-order valence-electron chi connectivity index (χ1n) is 7.53. The van der Waals surface area contributed by atoms with E-state index in [1.165, 1.54) is 11.1 Å². The van der Waals surface area contributed by atoms with Gasteiger partial charge in [0.1, 0.15) is 6.33 Å². The van der Waals surface area contributed by atoms with Gasteiger partial charge in [0.2, 0.25) is 0 Å². The van der Waals surface area contributed by atoms with Crippen LogP contribution in [0.1, 0.15) is 19.4 Å². The Morgan fingerprint density at radius 2 is 2.00 bits per heavy atom. The summed E-state index contributed by atoms with van der Waals surface area (Å²) in [6.45, 7) is 4.12. The fourth-order valence-corrected chi connectivity index (χ4v) is 5.72. The molecule has 0 radical (unpaired) electrons. The SMILES string of the molecule is CC(C)C(O)CS1(n2ccnc2)C=CC(c2ccccc2)=C1. The summed E-state index contributed by atoms with van der Waals surface area (Å²) in [5, 5.41) is 15.0. The highest BCUT2D eigenvalue weighted by molar-refractivity contribution is 8.37. The monoisotopic (exact) mass is 314 g/mol. The van der Waals surface area contributed by atoms with Crippen LogP contribution in [0, 0.1) is 5.92 Å². The van der Waals surface area contributed by atoms with E-state index in [1.807, 2.05) is 18.6 Å². The molecule has 116 valence electrons. The number of hydrogen-bond donors (Lipinski definition) is 1. The third-order valence-electron chi connectivity index (χ3n) is 4.00. The average Bonchev–Trinajstić information content (AvgIpc) is 3.18. The number of nitrogens with zero attached hydrogens (tertiary/aromatic N) is 2. The molecule has 2 aromatic rings. The van der Waals surface area contributed by atoms with E-state index in [9.17, 15) is 5.11 Å². The fraction of sp³-hybridized carbons (Fsp3) is 0.278. The summed E-state index contributed by atoms with van der Waals surface area (Å²) in [5.41, 5.74) is 2.44. The van der Waals surface area contributed by atoms with Crippen molar-refractivity contribution in [2.24, 2.45) is 5.92 Å². The van der Waals surface area contributed by atoms with E-state index in [4.69, 9.17) is 0 Å². The van der Waals surface area contributed by atoms with Gasteiger partial charge in [0, 0.05) is 18.1 Å². The molecular weight excluding hydrogens is 292 g/mol. The summed E-state index contributed by atoms with van der Waals surface area (Å²) in [6, 6.07) is 10.4. The number of aliphatic hydroxyl groups is 1. The van der Waals surface area contributed by atoms with Gasteiger partial charge in [0.05, 0.1) is 6.10 Å². The third-order valence-corrected chi connectivity index (χ3v) is 7.15. The van der Waals surface area contributed by atoms with E-state index in [-0.39, 0.29) is 12.0 Å². The van der Waals surface area contributed by atoms with Gasteiger partial charge in [0.25, 0.3) is 0 Å². The minimum atomic E-state index is -1.38. The van der Waals surface area contributed by atoms with Crippen molar-refractivity contribution in [1.29, 1.82) is 0 Å². The largest absolute Gasteiger partial charge is 0.392 e. The maximum Gasteiger partial charge on any atom is 0.104 e. The predicted octanol–water partition coefficient (Wildman–Crippen LogP) is 4.04. The summed E-state index contributed by atoms with van der Waals surface area (Å²) >= 11 is 0. The Bertz CT molecular complexity index is 676. The molecular formula is C18H22N2OS. The summed E-state index contributed by atoms with van der Waals surface area (Å²) in [4.78, 5) is 4.20. The van der Waals surface area contributed by atoms with Crippen LogP contribution >= 0.6 is 10.2 Å². The lowest BCUT2D eigenvalue weighted by molar-refractivity contribution is 0.148. The Labute approximate surface area is 133 Å². The number of imidazole rings is 1. The fourth-order valence-electron chi connectivity index (χ4n) is 2.52. The lowest BCUT2D eigenvalue weighted by atomic mass is 10.1. The van der Waals surface area contributed by atoms with Crippen LogP contribution in [0.3, 0.4) is 0 Å². The zero-order chi connectivity index (χ0) is 15.6. The van der Waals surface area contributed by atoms with Crippen LogP contribution in [-0.2, 0) is 0 Å². The van der Waals surface area contributed by atoms with E-state index in [2.05, 4.69) is 64.0 Å². The van der Waals surface area contributed by atoms with Crippen molar-refractivity contribution in [2.45, 2.75) is 20.0 Å². The molecule has 1 aliphatic rings. The van der Waals surface area contributed by atoms with Gasteiger partial charge in [-0.05, 0) is 33.9 Å². The molecule has 0 saturated carbocycles. The number of hydrogen-bond acceptors (Lipinski definition) is 2. The lowest BCUT2D eigenvalue weighted by Crippen LogP contribution is -2.24. The van der Waals surface area contributed by atoms with Gasteiger partial charge in [-0.1, -0.05) is 44.2 Å². The smallest absolute Gasteiger partial charge is 0.104 e. The van der Waals surface area contributed by atoms with Crippen LogP contribution in [0.15, 0.2) is 65.9 Å². The van der Waals surface area contributed by atoms with Gasteiger partial charge in [-0.15, -0.1) is 10.2 Å². The number of rotatable bonds is 5. The van der Waals surface area contributed by atoms with Crippen LogP contribution in [-0.4, -0.2) is 25.9 Å². The molecule has 1 aromatic carbocycles. The lowest BCUT2D eigenvalue weighted by Gasteiger charge is -2.36. The summed E-state index contributed by atoms with van der Waals surface area (Å²) in [7, 11) is -1.38. The highest BCUT2D eigenvalue weighted by atomic mass is 32.3. The van der Waals surface area contributed by atoms with Gasteiger partial charge < -0.3 is 5.11 Å². The van der Waals surface area contributed by atoms with Gasteiger partial charge >= 0.3 is 0 Å². The van der Waals surface area contributed by atoms with E-state index in [0.717, 1.165) is 5.75 Å². The molecule has 1 N–H and O–H groups in total. The van der Waals surface area contributed by atoms with E-state index in [1.54, 1.807) is 6.20 Å². The van der Waals surface area contributed by atoms with Crippen molar-refractivity contribution in [1.82, 2.24) is 8.96 Å². The maximum absolute atomic E-state index is 10.4. The first-order valence-corrected chi connectivity index (χ1v) is 9.42. The molecule has 0 spiro atoms. The zero-order valence-electron chi connectivity index (χ0n) is 13.0. The Kier molecular flexibility index (Phi) is 4.23. The quantitative estimate of drug-likeness (QED) is 0.904. The van der Waals surface area contributed by atoms with Crippen LogP contribution < -0.4 is 0 Å². The van der Waals surface area contributed by atoms with Crippen molar-refractivity contribution in [3.05, 3.63) is 71.5 Å². The summed E-state index contributed by atoms with van der Waals surface area (Å²) < 4.78 is 2.16.